The van der Waals surface area contributed by atoms with Gasteiger partial charge < -0.3 is 20.5 Å². The van der Waals surface area contributed by atoms with Gasteiger partial charge in [-0.2, -0.15) is 0 Å². The number of fused-ring (bicyclic) bond motifs is 3. The second kappa shape index (κ2) is 11.4. The number of alkyl carbamates (subject to hydrolysis) is 1. The van der Waals surface area contributed by atoms with Crippen LogP contribution in [0.5, 0.6) is 0 Å². The van der Waals surface area contributed by atoms with Gasteiger partial charge in [0.1, 0.15) is 18.2 Å². The molecule has 2 unspecified atom stereocenters. The van der Waals surface area contributed by atoms with Crippen LogP contribution in [-0.2, 0) is 14.3 Å². The van der Waals surface area contributed by atoms with E-state index in [1.807, 2.05) is 57.2 Å². The zero-order chi connectivity index (χ0) is 25.6. The molecule has 0 heterocycles. The molecule has 0 aromatic heterocycles. The van der Waals surface area contributed by atoms with Gasteiger partial charge >= 0.3 is 12.1 Å². The second-order valence-corrected chi connectivity index (χ2v) is 9.87. The summed E-state index contributed by atoms with van der Waals surface area (Å²) in [6.07, 6.45) is 1.27. The van der Waals surface area contributed by atoms with Crippen LogP contribution in [0.3, 0.4) is 0 Å². The lowest BCUT2D eigenvalue weighted by molar-refractivity contribution is -0.147. The van der Waals surface area contributed by atoms with Crippen molar-refractivity contribution in [3.63, 3.8) is 0 Å². The normalized spacial score (nSPS) is 15.0. The number of benzene rings is 2. The molecule has 3 N–H and O–H groups in total. The van der Waals surface area contributed by atoms with Crippen LogP contribution in [0.25, 0.3) is 11.1 Å². The third-order valence-corrected chi connectivity index (χ3v) is 6.61. The third kappa shape index (κ3) is 6.21. The number of hydrogen-bond donors (Lipinski definition) is 3. The lowest BCUT2D eigenvalue weighted by atomic mass is 9.95. The summed E-state index contributed by atoms with van der Waals surface area (Å²) in [6.45, 7) is 7.55. The van der Waals surface area contributed by atoms with E-state index in [4.69, 9.17) is 4.74 Å². The third-order valence-electron chi connectivity index (χ3n) is 6.61. The number of amides is 2. The number of ether oxygens (including phenoxy) is 1. The molecular weight excluding hydrogens is 444 g/mol. The van der Waals surface area contributed by atoms with Gasteiger partial charge in [-0.25, -0.2) is 9.59 Å². The Morgan fingerprint density at radius 2 is 1.57 bits per heavy atom. The predicted octanol–water partition coefficient (Wildman–Crippen LogP) is 5.09. The van der Waals surface area contributed by atoms with Crippen LogP contribution in [-0.4, -0.2) is 41.3 Å². The quantitative estimate of drug-likeness (QED) is 0.416. The molecule has 3 rings (SSSR count). The van der Waals surface area contributed by atoms with E-state index in [2.05, 4.69) is 22.8 Å². The molecule has 0 bridgehead atoms. The molecule has 7 heteroatoms. The molecule has 7 nitrogen and oxygen atoms in total. The number of carbonyl (C=O) groups excluding carboxylic acids is 2. The Balaban J connectivity index is 1.69. The maximum atomic E-state index is 13.0. The van der Waals surface area contributed by atoms with Crippen LogP contribution in [0.4, 0.5) is 4.79 Å². The summed E-state index contributed by atoms with van der Waals surface area (Å²) in [7, 11) is 0. The average molecular weight is 481 g/mol. The Morgan fingerprint density at radius 3 is 2.09 bits per heavy atom. The first-order chi connectivity index (χ1) is 16.7. The smallest absolute Gasteiger partial charge is 0.407 e. The fraction of sp³-hybridized carbons (Fsp3) is 0.464. The second-order valence-electron chi connectivity index (χ2n) is 9.87. The Hall–Kier alpha value is -3.35. The topological polar surface area (TPSA) is 105 Å². The minimum Gasteiger partial charge on any atom is -0.480 e. The first-order valence-electron chi connectivity index (χ1n) is 12.3. The van der Waals surface area contributed by atoms with E-state index in [0.29, 0.717) is 25.2 Å². The molecule has 2 atom stereocenters. The van der Waals surface area contributed by atoms with Gasteiger partial charge in [0.05, 0.1) is 0 Å². The van der Waals surface area contributed by atoms with Crippen molar-refractivity contribution >= 4 is 18.0 Å². The number of nitrogens with one attached hydrogen (secondary N) is 2. The minimum absolute atomic E-state index is 0.0871. The molecule has 0 spiro atoms. The minimum atomic E-state index is -1.40. The van der Waals surface area contributed by atoms with Crippen molar-refractivity contribution in [3.8, 4) is 11.1 Å². The van der Waals surface area contributed by atoms with Gasteiger partial charge in [-0.15, -0.1) is 0 Å². The van der Waals surface area contributed by atoms with Crippen molar-refractivity contribution < 1.29 is 24.2 Å². The molecule has 0 aliphatic heterocycles. The Kier molecular flexibility index (Phi) is 8.54. The summed E-state index contributed by atoms with van der Waals surface area (Å²) in [4.78, 5) is 37.6. The number of aliphatic carboxylic acids is 1. The molecule has 2 amide bonds. The Labute approximate surface area is 207 Å². The van der Waals surface area contributed by atoms with E-state index >= 15 is 0 Å². The highest BCUT2D eigenvalue weighted by molar-refractivity contribution is 5.91. The van der Waals surface area contributed by atoms with Crippen molar-refractivity contribution in [2.75, 3.05) is 6.61 Å². The van der Waals surface area contributed by atoms with E-state index in [9.17, 15) is 19.5 Å². The molecular formula is C28H36N2O5. The van der Waals surface area contributed by atoms with E-state index in [1.165, 1.54) is 6.92 Å². The van der Waals surface area contributed by atoms with Crippen molar-refractivity contribution in [1.29, 1.82) is 0 Å². The van der Waals surface area contributed by atoms with Gasteiger partial charge in [-0.3, -0.25) is 4.79 Å². The SMILES string of the molecule is CCCC(C)(NC(=O)C(CCC(C)C)NC(=O)OCC1c2ccccc2-c2ccccc21)C(=O)O. The molecule has 2 aromatic carbocycles. The van der Waals surface area contributed by atoms with Crippen LogP contribution in [0.1, 0.15) is 70.4 Å². The zero-order valence-corrected chi connectivity index (χ0v) is 21.0. The van der Waals surface area contributed by atoms with Gasteiger partial charge in [0.2, 0.25) is 5.91 Å². The summed E-state index contributed by atoms with van der Waals surface area (Å²) in [5.41, 5.74) is 3.08. The highest BCUT2D eigenvalue weighted by Crippen LogP contribution is 2.44. The molecule has 188 valence electrons. The van der Waals surface area contributed by atoms with Gasteiger partial charge in [-0.1, -0.05) is 75.7 Å². The van der Waals surface area contributed by atoms with Gasteiger partial charge in [0.15, 0.2) is 0 Å². The van der Waals surface area contributed by atoms with Gasteiger partial charge in [0.25, 0.3) is 0 Å². The van der Waals surface area contributed by atoms with E-state index < -0.39 is 29.6 Å². The van der Waals surface area contributed by atoms with Gasteiger partial charge in [0, 0.05) is 5.92 Å². The Morgan fingerprint density at radius 1 is 1.00 bits per heavy atom. The molecule has 0 fully saturated rings. The standard InChI is InChI=1S/C28H36N2O5/c1-5-16-28(4,26(32)33)30-25(31)24(15-14-18(2)3)29-27(34)35-17-23-21-12-8-6-10-19(21)20-11-7-9-13-22(20)23/h6-13,18,23-24H,5,14-17H2,1-4H3,(H,29,34)(H,30,31)(H,32,33). The Bertz CT molecular complexity index is 1020. The molecule has 1 aliphatic carbocycles. The van der Waals surface area contributed by atoms with Crippen molar-refractivity contribution in [1.82, 2.24) is 10.6 Å². The number of hydrogen-bond acceptors (Lipinski definition) is 4. The summed E-state index contributed by atoms with van der Waals surface area (Å²) in [6, 6.07) is 15.3. The van der Waals surface area contributed by atoms with Crippen LogP contribution in [0.2, 0.25) is 0 Å². The summed E-state index contributed by atoms with van der Waals surface area (Å²) in [5, 5.41) is 15.0. The molecule has 2 aromatic rings. The van der Waals surface area contributed by atoms with E-state index in [1.54, 1.807) is 0 Å². The summed E-state index contributed by atoms with van der Waals surface area (Å²) < 4.78 is 5.61. The first kappa shape index (κ1) is 26.3. The monoisotopic (exact) mass is 480 g/mol. The highest BCUT2D eigenvalue weighted by atomic mass is 16.5. The number of rotatable bonds is 11. The zero-order valence-electron chi connectivity index (χ0n) is 21.0. The van der Waals surface area contributed by atoms with Crippen LogP contribution in [0.15, 0.2) is 48.5 Å². The maximum absolute atomic E-state index is 13.0. The fourth-order valence-electron chi connectivity index (χ4n) is 4.63. The van der Waals surface area contributed by atoms with Crippen molar-refractivity contribution in [2.24, 2.45) is 5.92 Å². The summed E-state index contributed by atoms with van der Waals surface area (Å²) >= 11 is 0. The molecule has 0 saturated heterocycles. The lowest BCUT2D eigenvalue weighted by Gasteiger charge is -2.29. The molecule has 35 heavy (non-hydrogen) atoms. The number of carbonyl (C=O) groups is 3. The number of carboxylic acids is 1. The first-order valence-corrected chi connectivity index (χ1v) is 12.3. The molecule has 0 saturated carbocycles. The number of carboxylic acid groups (broad SMARTS) is 1. The molecule has 1 aliphatic rings. The van der Waals surface area contributed by atoms with Crippen molar-refractivity contribution in [2.45, 2.75) is 70.9 Å². The van der Waals surface area contributed by atoms with Crippen molar-refractivity contribution in [3.05, 3.63) is 59.7 Å². The summed E-state index contributed by atoms with van der Waals surface area (Å²) in [5.74, 6) is -1.39. The molecule has 0 radical (unpaired) electrons. The van der Waals surface area contributed by atoms with E-state index in [-0.39, 0.29) is 18.9 Å². The van der Waals surface area contributed by atoms with E-state index in [0.717, 1.165) is 22.3 Å². The van der Waals surface area contributed by atoms with Crippen LogP contribution < -0.4 is 10.6 Å². The highest BCUT2D eigenvalue weighted by Gasteiger charge is 2.36. The lowest BCUT2D eigenvalue weighted by Crippen LogP contribution is -2.57. The van der Waals surface area contributed by atoms with Gasteiger partial charge in [-0.05, 0) is 54.4 Å². The largest absolute Gasteiger partial charge is 0.480 e. The van der Waals surface area contributed by atoms with Crippen LogP contribution >= 0.6 is 0 Å². The predicted molar refractivity (Wildman–Crippen MR) is 135 cm³/mol. The average Bonchev–Trinajstić information content (AvgIpc) is 3.14. The van der Waals surface area contributed by atoms with Crippen LogP contribution in [0, 0.1) is 5.92 Å². The maximum Gasteiger partial charge on any atom is 0.407 e. The fourth-order valence-corrected chi connectivity index (χ4v) is 4.63.